The van der Waals surface area contributed by atoms with Gasteiger partial charge in [0.25, 0.3) is 0 Å². The van der Waals surface area contributed by atoms with E-state index in [4.69, 9.17) is 21.1 Å². The molecule has 3 amide bonds. The molecular weight excluding hydrogens is 472 g/mol. The summed E-state index contributed by atoms with van der Waals surface area (Å²) in [5.41, 5.74) is 2.95. The van der Waals surface area contributed by atoms with E-state index in [-0.39, 0.29) is 19.0 Å². The van der Waals surface area contributed by atoms with E-state index in [1.807, 2.05) is 19.9 Å². The topological polar surface area (TPSA) is 115 Å². The third-order valence-corrected chi connectivity index (χ3v) is 5.85. The number of carbonyl (C=O) groups excluding carboxylic acids is 2. The number of rotatable bonds is 7. The Labute approximate surface area is 208 Å². The lowest BCUT2D eigenvalue weighted by Gasteiger charge is -2.24. The molecule has 35 heavy (non-hydrogen) atoms. The van der Waals surface area contributed by atoms with Crippen LogP contribution >= 0.6 is 11.6 Å². The molecule has 0 aliphatic rings. The van der Waals surface area contributed by atoms with Crippen molar-refractivity contribution in [3.8, 4) is 0 Å². The van der Waals surface area contributed by atoms with Crippen molar-refractivity contribution in [2.45, 2.75) is 27.3 Å². The number of carboxylic acids is 1. The van der Waals surface area contributed by atoms with Crippen LogP contribution in [0.3, 0.4) is 0 Å². The van der Waals surface area contributed by atoms with Gasteiger partial charge in [-0.2, -0.15) is 0 Å². The first-order chi connectivity index (χ1) is 16.6. The summed E-state index contributed by atoms with van der Waals surface area (Å²) in [5, 5.41) is 13.2. The summed E-state index contributed by atoms with van der Waals surface area (Å²) in [7, 11) is 1.47. The molecule has 1 unspecified atom stereocenters. The second-order valence-electron chi connectivity index (χ2n) is 8.31. The van der Waals surface area contributed by atoms with Gasteiger partial charge in [-0.1, -0.05) is 30.7 Å². The van der Waals surface area contributed by atoms with Gasteiger partial charge in [-0.15, -0.1) is 0 Å². The first-order valence-corrected chi connectivity index (χ1v) is 11.3. The van der Waals surface area contributed by atoms with Crippen LogP contribution in [-0.2, 0) is 16.1 Å². The van der Waals surface area contributed by atoms with Crippen molar-refractivity contribution in [2.24, 2.45) is 10.9 Å². The molecular formula is C25H27ClN4O5. The largest absolute Gasteiger partial charge is 0.481 e. The molecule has 0 aliphatic heterocycles. The highest BCUT2D eigenvalue weighted by molar-refractivity contribution is 6.30. The first kappa shape index (κ1) is 25.8. The van der Waals surface area contributed by atoms with Gasteiger partial charge >= 0.3 is 12.0 Å². The lowest BCUT2D eigenvalue weighted by atomic mass is 10.1. The number of benzene rings is 2. The highest BCUT2D eigenvalue weighted by atomic mass is 35.5. The van der Waals surface area contributed by atoms with Crippen LogP contribution in [0.5, 0.6) is 0 Å². The molecule has 184 valence electrons. The maximum Gasteiger partial charge on any atom is 0.323 e. The zero-order valence-electron chi connectivity index (χ0n) is 19.9. The van der Waals surface area contributed by atoms with Crippen LogP contribution in [0, 0.1) is 19.8 Å². The zero-order valence-corrected chi connectivity index (χ0v) is 20.7. The monoisotopic (exact) mass is 498 g/mol. The number of hydrogen-bond acceptors (Lipinski definition) is 5. The Hall–Kier alpha value is -3.85. The SMILES string of the molecule is Cc1oc2ccc(N=C(NC(=O)N(C)CC(C)C(=O)O)N(C=O)Cc3ccc(Cl)cc3)cc2c1C. The normalized spacial score (nSPS) is 12.3. The van der Waals surface area contributed by atoms with E-state index in [2.05, 4.69) is 10.3 Å². The van der Waals surface area contributed by atoms with Gasteiger partial charge in [0.2, 0.25) is 12.4 Å². The first-order valence-electron chi connectivity index (χ1n) is 10.9. The lowest BCUT2D eigenvalue weighted by molar-refractivity contribution is -0.141. The molecule has 0 radical (unpaired) electrons. The summed E-state index contributed by atoms with van der Waals surface area (Å²) >= 11 is 5.96. The molecule has 1 heterocycles. The van der Waals surface area contributed by atoms with Crippen LogP contribution in [0.2, 0.25) is 5.02 Å². The molecule has 0 saturated carbocycles. The molecule has 9 nitrogen and oxygen atoms in total. The molecule has 1 aromatic heterocycles. The fourth-order valence-corrected chi connectivity index (χ4v) is 3.52. The van der Waals surface area contributed by atoms with Gasteiger partial charge in [-0.25, -0.2) is 9.79 Å². The summed E-state index contributed by atoms with van der Waals surface area (Å²) in [6, 6.07) is 11.6. The van der Waals surface area contributed by atoms with Gasteiger partial charge in [0, 0.05) is 24.0 Å². The zero-order chi connectivity index (χ0) is 25.7. The number of fused-ring (bicyclic) bond motifs is 1. The van der Waals surface area contributed by atoms with E-state index in [9.17, 15) is 14.4 Å². The van der Waals surface area contributed by atoms with E-state index in [1.165, 1.54) is 23.8 Å². The summed E-state index contributed by atoms with van der Waals surface area (Å²) in [6.07, 6.45) is 0.569. The Morgan fingerprint density at radius 1 is 1.20 bits per heavy atom. The Morgan fingerprint density at radius 2 is 1.89 bits per heavy atom. The Kier molecular flexibility index (Phi) is 8.14. The van der Waals surface area contributed by atoms with E-state index in [0.29, 0.717) is 22.7 Å². The number of halogens is 1. The van der Waals surface area contributed by atoms with Gasteiger partial charge in [0.15, 0.2) is 0 Å². The summed E-state index contributed by atoms with van der Waals surface area (Å²) in [6.45, 7) is 5.42. The number of aryl methyl sites for hydroxylation is 2. The van der Waals surface area contributed by atoms with Gasteiger partial charge in [0.1, 0.15) is 11.3 Å². The van der Waals surface area contributed by atoms with Gasteiger partial charge < -0.3 is 14.4 Å². The number of urea groups is 1. The van der Waals surface area contributed by atoms with Crippen molar-refractivity contribution in [3.63, 3.8) is 0 Å². The number of aliphatic imine (C=N–C) groups is 1. The van der Waals surface area contributed by atoms with E-state index >= 15 is 0 Å². The van der Waals surface area contributed by atoms with Crippen LogP contribution in [0.1, 0.15) is 23.8 Å². The van der Waals surface area contributed by atoms with E-state index < -0.39 is 17.9 Å². The second-order valence-corrected chi connectivity index (χ2v) is 8.75. The number of carboxylic acid groups (broad SMARTS) is 1. The average Bonchev–Trinajstić information content (AvgIpc) is 3.11. The third-order valence-electron chi connectivity index (χ3n) is 5.59. The quantitative estimate of drug-likeness (QED) is 0.278. The molecule has 1 atom stereocenters. The van der Waals surface area contributed by atoms with Crippen molar-refractivity contribution >= 4 is 52.6 Å². The molecule has 0 fully saturated rings. The summed E-state index contributed by atoms with van der Waals surface area (Å²) < 4.78 is 5.72. The van der Waals surface area contributed by atoms with Crippen LogP contribution in [0.4, 0.5) is 10.5 Å². The molecule has 0 aliphatic carbocycles. The minimum absolute atomic E-state index is 0.00741. The van der Waals surface area contributed by atoms with Crippen LogP contribution in [0.25, 0.3) is 11.0 Å². The molecule has 3 aromatic rings. The molecule has 0 spiro atoms. The fraction of sp³-hybridized carbons (Fsp3) is 0.280. The summed E-state index contributed by atoms with van der Waals surface area (Å²) in [5.74, 6) is -1.000. The number of nitrogens with zero attached hydrogens (tertiary/aromatic N) is 3. The Balaban J connectivity index is 1.95. The number of guanidine groups is 1. The maximum absolute atomic E-state index is 12.9. The maximum atomic E-state index is 12.9. The van der Waals surface area contributed by atoms with Crippen molar-refractivity contribution in [3.05, 3.63) is 64.4 Å². The second kappa shape index (κ2) is 11.1. The highest BCUT2D eigenvalue weighted by Crippen LogP contribution is 2.28. The minimum Gasteiger partial charge on any atom is -0.481 e. The van der Waals surface area contributed by atoms with Gasteiger partial charge in [-0.05, 0) is 55.3 Å². The number of carbonyl (C=O) groups is 3. The predicted molar refractivity (Wildman–Crippen MR) is 134 cm³/mol. The lowest BCUT2D eigenvalue weighted by Crippen LogP contribution is -2.49. The fourth-order valence-electron chi connectivity index (χ4n) is 3.40. The summed E-state index contributed by atoms with van der Waals surface area (Å²) in [4.78, 5) is 43.1. The van der Waals surface area contributed by atoms with Crippen LogP contribution in [-0.4, -0.2) is 52.9 Å². The van der Waals surface area contributed by atoms with Crippen LogP contribution < -0.4 is 5.32 Å². The minimum atomic E-state index is -1.02. The van der Waals surface area contributed by atoms with E-state index in [1.54, 1.807) is 36.4 Å². The number of aliphatic carboxylic acids is 1. The third kappa shape index (κ3) is 6.39. The van der Waals surface area contributed by atoms with Crippen molar-refractivity contribution in [2.75, 3.05) is 13.6 Å². The average molecular weight is 499 g/mol. The number of amides is 3. The van der Waals surface area contributed by atoms with Crippen molar-refractivity contribution in [1.82, 2.24) is 15.1 Å². The van der Waals surface area contributed by atoms with E-state index in [0.717, 1.165) is 22.3 Å². The Bertz CT molecular complexity index is 1270. The van der Waals surface area contributed by atoms with Crippen molar-refractivity contribution < 1.29 is 23.9 Å². The van der Waals surface area contributed by atoms with Gasteiger partial charge in [0.05, 0.1) is 18.2 Å². The Morgan fingerprint density at radius 3 is 2.51 bits per heavy atom. The number of furan rings is 1. The number of nitrogens with one attached hydrogen (secondary N) is 1. The molecule has 2 N–H and O–H groups in total. The number of hydrogen-bond donors (Lipinski definition) is 2. The smallest absolute Gasteiger partial charge is 0.323 e. The predicted octanol–water partition coefficient (Wildman–Crippen LogP) is 4.71. The highest BCUT2D eigenvalue weighted by Gasteiger charge is 2.21. The standard InChI is InChI=1S/C25H27ClN4O5/c1-15(23(32)33)12-29(4)25(34)28-24(30(14-31)13-18-5-7-19(26)8-6-18)27-20-9-10-22-21(11-20)16(2)17(3)35-22/h5-11,14-15H,12-13H2,1-4H3,(H,32,33)(H,27,28,34). The van der Waals surface area contributed by atoms with Gasteiger partial charge in [-0.3, -0.25) is 19.8 Å². The molecule has 0 bridgehead atoms. The molecule has 3 rings (SSSR count). The van der Waals surface area contributed by atoms with Crippen LogP contribution in [0.15, 0.2) is 51.9 Å². The molecule has 0 saturated heterocycles. The molecule has 10 heteroatoms. The van der Waals surface area contributed by atoms with Crippen molar-refractivity contribution in [1.29, 1.82) is 0 Å². The molecule has 2 aromatic carbocycles.